The maximum absolute atomic E-state index is 4.21. The quantitative estimate of drug-likeness (QED) is 0.853. The lowest BCUT2D eigenvalue weighted by molar-refractivity contribution is 0.508. The third-order valence-corrected chi connectivity index (χ3v) is 2.74. The Balaban J connectivity index is 1.97. The molecule has 0 aliphatic rings. The van der Waals surface area contributed by atoms with E-state index in [9.17, 15) is 0 Å². The molecule has 2 rings (SSSR count). The lowest BCUT2D eigenvalue weighted by atomic mass is 10.0. The zero-order chi connectivity index (χ0) is 11.9. The number of hydrogen-bond acceptors (Lipinski definition) is 3. The molecule has 0 radical (unpaired) electrons. The second-order valence-corrected chi connectivity index (χ2v) is 3.92. The first-order valence-corrected chi connectivity index (χ1v) is 5.94. The highest BCUT2D eigenvalue weighted by molar-refractivity contribution is 5.18. The molecule has 0 saturated carbocycles. The Bertz CT molecular complexity index is 428. The van der Waals surface area contributed by atoms with Gasteiger partial charge in [0.15, 0.2) is 0 Å². The van der Waals surface area contributed by atoms with Gasteiger partial charge in [-0.05, 0) is 18.1 Å². The zero-order valence-corrected chi connectivity index (χ0v) is 10.0. The second kappa shape index (κ2) is 6.11. The second-order valence-electron chi connectivity index (χ2n) is 3.92. The van der Waals surface area contributed by atoms with Crippen molar-refractivity contribution in [2.24, 2.45) is 0 Å². The van der Waals surface area contributed by atoms with Gasteiger partial charge < -0.3 is 5.32 Å². The molecule has 1 aromatic carbocycles. The summed E-state index contributed by atoms with van der Waals surface area (Å²) in [6, 6.07) is 12.7. The summed E-state index contributed by atoms with van der Waals surface area (Å²) in [5, 5.41) is 3.48. The van der Waals surface area contributed by atoms with Crippen molar-refractivity contribution < 1.29 is 0 Å². The smallest absolute Gasteiger partial charge is 0.141 e. The van der Waals surface area contributed by atoms with E-state index in [-0.39, 0.29) is 0 Å². The maximum Gasteiger partial charge on any atom is 0.141 e. The third kappa shape index (κ3) is 3.36. The van der Waals surface area contributed by atoms with Gasteiger partial charge in [-0.3, -0.25) is 0 Å². The van der Waals surface area contributed by atoms with Crippen molar-refractivity contribution in [3.63, 3.8) is 0 Å². The Labute approximate surface area is 102 Å². The lowest BCUT2D eigenvalue weighted by Gasteiger charge is -2.16. The van der Waals surface area contributed by atoms with Crippen LogP contribution < -0.4 is 5.32 Å². The normalized spacial score (nSPS) is 12.3. The van der Waals surface area contributed by atoms with Gasteiger partial charge in [0.05, 0.1) is 6.54 Å². The lowest BCUT2D eigenvalue weighted by Crippen LogP contribution is -2.21. The van der Waals surface area contributed by atoms with Crippen LogP contribution in [-0.2, 0) is 6.54 Å². The van der Waals surface area contributed by atoms with Crippen molar-refractivity contribution >= 4 is 0 Å². The summed E-state index contributed by atoms with van der Waals surface area (Å²) in [4.78, 5) is 8.41. The molecule has 1 heterocycles. The van der Waals surface area contributed by atoms with Gasteiger partial charge in [-0.15, -0.1) is 0 Å². The first-order valence-electron chi connectivity index (χ1n) is 5.94. The molecule has 0 fully saturated rings. The van der Waals surface area contributed by atoms with E-state index in [1.54, 1.807) is 12.4 Å². The van der Waals surface area contributed by atoms with Crippen LogP contribution in [-0.4, -0.2) is 9.97 Å². The summed E-state index contributed by atoms with van der Waals surface area (Å²) in [6.07, 6.45) is 4.60. The Kier molecular flexibility index (Phi) is 4.22. The number of rotatable bonds is 5. The molecular weight excluding hydrogens is 210 g/mol. The minimum atomic E-state index is 0.361. The molecule has 1 N–H and O–H groups in total. The van der Waals surface area contributed by atoms with E-state index in [1.807, 2.05) is 12.1 Å². The van der Waals surface area contributed by atoms with Gasteiger partial charge in [-0.1, -0.05) is 37.3 Å². The van der Waals surface area contributed by atoms with Gasteiger partial charge in [0.1, 0.15) is 5.82 Å². The van der Waals surface area contributed by atoms with Crippen molar-refractivity contribution in [1.82, 2.24) is 15.3 Å². The van der Waals surface area contributed by atoms with Crippen LogP contribution in [0.25, 0.3) is 0 Å². The van der Waals surface area contributed by atoms with Crippen LogP contribution in [0.1, 0.15) is 30.8 Å². The Morgan fingerprint density at radius 1 is 1.06 bits per heavy atom. The molecule has 0 amide bonds. The molecule has 1 aromatic heterocycles. The number of aromatic nitrogens is 2. The van der Waals surface area contributed by atoms with Crippen LogP contribution in [0.4, 0.5) is 0 Å². The predicted molar refractivity (Wildman–Crippen MR) is 68.3 cm³/mol. The van der Waals surface area contributed by atoms with E-state index < -0.39 is 0 Å². The van der Waals surface area contributed by atoms with Crippen molar-refractivity contribution in [3.8, 4) is 0 Å². The van der Waals surface area contributed by atoms with E-state index in [1.165, 1.54) is 5.56 Å². The first kappa shape index (κ1) is 11.7. The molecule has 0 saturated heterocycles. The van der Waals surface area contributed by atoms with Crippen molar-refractivity contribution in [3.05, 3.63) is 60.2 Å². The molecule has 88 valence electrons. The summed E-state index contributed by atoms with van der Waals surface area (Å²) in [6.45, 7) is 2.88. The van der Waals surface area contributed by atoms with Gasteiger partial charge in [-0.25, -0.2) is 9.97 Å². The molecule has 0 aliphatic carbocycles. The Morgan fingerprint density at radius 2 is 1.76 bits per heavy atom. The fraction of sp³-hybridized carbons (Fsp3) is 0.286. The minimum Gasteiger partial charge on any atom is -0.303 e. The highest BCUT2D eigenvalue weighted by atomic mass is 15.0. The summed E-state index contributed by atoms with van der Waals surface area (Å²) < 4.78 is 0. The number of nitrogens with one attached hydrogen (secondary N) is 1. The third-order valence-electron chi connectivity index (χ3n) is 2.74. The highest BCUT2D eigenvalue weighted by Gasteiger charge is 2.08. The van der Waals surface area contributed by atoms with Gasteiger partial charge in [0.2, 0.25) is 0 Å². The average Bonchev–Trinajstić information content (AvgIpc) is 2.42. The van der Waals surface area contributed by atoms with Crippen LogP contribution in [0.2, 0.25) is 0 Å². The van der Waals surface area contributed by atoms with Crippen LogP contribution in [0.15, 0.2) is 48.8 Å². The zero-order valence-electron chi connectivity index (χ0n) is 10.0. The van der Waals surface area contributed by atoms with E-state index >= 15 is 0 Å². The molecule has 3 heteroatoms. The number of nitrogens with zero attached hydrogens (tertiary/aromatic N) is 2. The topological polar surface area (TPSA) is 37.8 Å². The summed E-state index contributed by atoms with van der Waals surface area (Å²) >= 11 is 0. The van der Waals surface area contributed by atoms with Crippen molar-refractivity contribution in [2.75, 3.05) is 0 Å². The van der Waals surface area contributed by atoms with Gasteiger partial charge in [-0.2, -0.15) is 0 Å². The maximum atomic E-state index is 4.21. The van der Waals surface area contributed by atoms with E-state index in [0.29, 0.717) is 12.6 Å². The molecule has 1 atom stereocenters. The summed E-state index contributed by atoms with van der Waals surface area (Å²) in [7, 11) is 0. The molecular formula is C14H17N3. The van der Waals surface area contributed by atoms with E-state index in [4.69, 9.17) is 0 Å². The van der Waals surface area contributed by atoms with E-state index in [2.05, 4.69) is 46.5 Å². The molecule has 0 spiro atoms. The summed E-state index contributed by atoms with van der Waals surface area (Å²) in [5.41, 5.74) is 1.31. The summed E-state index contributed by atoms with van der Waals surface area (Å²) in [5.74, 6) is 0.835. The molecule has 2 aromatic rings. The molecule has 1 unspecified atom stereocenters. The van der Waals surface area contributed by atoms with Crippen LogP contribution in [0.5, 0.6) is 0 Å². The number of hydrogen-bond donors (Lipinski definition) is 1. The molecule has 17 heavy (non-hydrogen) atoms. The average molecular weight is 227 g/mol. The van der Waals surface area contributed by atoms with E-state index in [0.717, 1.165) is 12.2 Å². The van der Waals surface area contributed by atoms with Gasteiger partial charge >= 0.3 is 0 Å². The largest absolute Gasteiger partial charge is 0.303 e. The SMILES string of the molecule is CCC(NCc1ncccn1)c1ccccc1. The van der Waals surface area contributed by atoms with Crippen LogP contribution in [0, 0.1) is 0 Å². The fourth-order valence-electron chi connectivity index (χ4n) is 1.82. The number of benzene rings is 1. The minimum absolute atomic E-state index is 0.361. The van der Waals surface area contributed by atoms with Crippen molar-refractivity contribution in [2.45, 2.75) is 25.9 Å². The Hall–Kier alpha value is -1.74. The monoisotopic (exact) mass is 227 g/mol. The highest BCUT2D eigenvalue weighted by Crippen LogP contribution is 2.15. The fourth-order valence-corrected chi connectivity index (χ4v) is 1.82. The first-order chi connectivity index (χ1) is 8.40. The molecule has 0 bridgehead atoms. The van der Waals surface area contributed by atoms with Gasteiger partial charge in [0.25, 0.3) is 0 Å². The Morgan fingerprint density at radius 3 is 2.41 bits per heavy atom. The standard InChI is InChI=1S/C14H17N3/c1-2-13(12-7-4-3-5-8-12)17-11-14-15-9-6-10-16-14/h3-10,13,17H,2,11H2,1H3. The molecule has 3 nitrogen and oxygen atoms in total. The van der Waals surface area contributed by atoms with Gasteiger partial charge in [0, 0.05) is 18.4 Å². The predicted octanol–water partition coefficient (Wildman–Crippen LogP) is 2.72. The van der Waals surface area contributed by atoms with Crippen LogP contribution >= 0.6 is 0 Å². The van der Waals surface area contributed by atoms with Crippen molar-refractivity contribution in [1.29, 1.82) is 0 Å². The molecule has 0 aliphatic heterocycles. The van der Waals surface area contributed by atoms with Crippen LogP contribution in [0.3, 0.4) is 0 Å².